The number of nitrogens with zero attached hydrogens (tertiary/aromatic N) is 1. The van der Waals surface area contributed by atoms with Crippen molar-refractivity contribution in [2.75, 3.05) is 11.8 Å². The molecular formula is C27H21BrClN3O4S. The van der Waals surface area contributed by atoms with Gasteiger partial charge in [0.25, 0.3) is 5.91 Å². The molecule has 0 atom stereocenters. The first-order valence-corrected chi connectivity index (χ1v) is 14.3. The molecule has 1 aromatic heterocycles. The van der Waals surface area contributed by atoms with Crippen LogP contribution in [0.15, 0.2) is 63.5 Å². The first kappa shape index (κ1) is 25.3. The molecule has 10 heteroatoms. The molecule has 2 N–H and O–H groups in total. The van der Waals surface area contributed by atoms with Crippen LogP contribution in [0, 0.1) is 11.3 Å². The number of hydrogen-bond donors (Lipinski definition) is 2. The summed E-state index contributed by atoms with van der Waals surface area (Å²) in [6.45, 7) is 0. The van der Waals surface area contributed by atoms with Crippen LogP contribution < -0.4 is 10.0 Å². The molecule has 1 aliphatic rings. The lowest BCUT2D eigenvalue weighted by Crippen LogP contribution is -2.18. The van der Waals surface area contributed by atoms with Crippen LogP contribution in [0.5, 0.6) is 0 Å². The third-order valence-corrected chi connectivity index (χ3v) is 8.40. The van der Waals surface area contributed by atoms with E-state index in [1.54, 1.807) is 55.6 Å². The van der Waals surface area contributed by atoms with E-state index in [2.05, 4.69) is 26.0 Å². The van der Waals surface area contributed by atoms with Crippen molar-refractivity contribution < 1.29 is 17.6 Å². The van der Waals surface area contributed by atoms with E-state index in [4.69, 9.17) is 16.0 Å². The van der Waals surface area contributed by atoms with Crippen LogP contribution in [0.25, 0.3) is 22.3 Å². The molecule has 5 rings (SSSR count). The van der Waals surface area contributed by atoms with Gasteiger partial charge in [0.2, 0.25) is 10.0 Å². The normalized spacial score (nSPS) is 13.4. The Bertz CT molecular complexity index is 1690. The number of anilines is 1. The summed E-state index contributed by atoms with van der Waals surface area (Å²) in [7, 11) is -2.26. The van der Waals surface area contributed by atoms with Crippen LogP contribution >= 0.6 is 27.5 Å². The van der Waals surface area contributed by atoms with E-state index < -0.39 is 10.0 Å². The summed E-state index contributed by atoms with van der Waals surface area (Å²) in [4.78, 5) is 12.9. The Balaban J connectivity index is 1.58. The molecule has 0 unspecified atom stereocenters. The number of amides is 1. The highest BCUT2D eigenvalue weighted by Crippen LogP contribution is 2.47. The van der Waals surface area contributed by atoms with Gasteiger partial charge in [0, 0.05) is 33.6 Å². The van der Waals surface area contributed by atoms with Crippen molar-refractivity contribution in [1.29, 1.82) is 5.26 Å². The average molecular weight is 599 g/mol. The zero-order valence-electron chi connectivity index (χ0n) is 19.6. The lowest BCUT2D eigenvalue weighted by molar-refractivity contribution is 0.0964. The van der Waals surface area contributed by atoms with E-state index in [9.17, 15) is 18.5 Å². The molecule has 0 aliphatic heterocycles. The number of furan rings is 1. The van der Waals surface area contributed by atoms with E-state index in [0.29, 0.717) is 54.2 Å². The number of sulfonamides is 1. The van der Waals surface area contributed by atoms with E-state index in [0.717, 1.165) is 18.4 Å². The number of halogens is 2. The van der Waals surface area contributed by atoms with Gasteiger partial charge in [0.05, 0.1) is 22.6 Å². The van der Waals surface area contributed by atoms with Crippen molar-refractivity contribution in [3.8, 4) is 17.4 Å². The molecule has 37 heavy (non-hydrogen) atoms. The zero-order valence-corrected chi connectivity index (χ0v) is 22.8. The minimum absolute atomic E-state index is 0.186. The molecule has 4 aromatic rings. The molecule has 7 nitrogen and oxygen atoms in total. The lowest BCUT2D eigenvalue weighted by Gasteiger charge is -2.13. The van der Waals surface area contributed by atoms with Gasteiger partial charge in [-0.25, -0.2) is 8.42 Å². The first-order valence-electron chi connectivity index (χ1n) is 11.5. The van der Waals surface area contributed by atoms with Crippen LogP contribution in [0.1, 0.15) is 45.8 Å². The van der Waals surface area contributed by atoms with Crippen LogP contribution in [0.4, 0.5) is 5.69 Å². The number of fused-ring (bicyclic) bond motifs is 1. The van der Waals surface area contributed by atoms with E-state index in [1.165, 1.54) is 0 Å². The number of nitriles is 1. The molecule has 1 aliphatic carbocycles. The number of carbonyl (C=O) groups is 1. The van der Waals surface area contributed by atoms with Gasteiger partial charge in [-0.05, 0) is 88.3 Å². The molecule has 0 bridgehead atoms. The van der Waals surface area contributed by atoms with Crippen molar-refractivity contribution in [2.24, 2.45) is 0 Å². The van der Waals surface area contributed by atoms with Crippen molar-refractivity contribution in [1.82, 2.24) is 5.32 Å². The summed E-state index contributed by atoms with van der Waals surface area (Å²) in [5.41, 5.74) is 3.55. The third kappa shape index (κ3) is 5.23. The first-order chi connectivity index (χ1) is 17.7. The van der Waals surface area contributed by atoms with Crippen LogP contribution in [-0.2, 0) is 15.8 Å². The Morgan fingerprint density at radius 1 is 1.16 bits per heavy atom. The molecule has 0 saturated heterocycles. The summed E-state index contributed by atoms with van der Waals surface area (Å²) in [5, 5.41) is 13.1. The highest BCUT2D eigenvalue weighted by Gasteiger charge is 2.31. The van der Waals surface area contributed by atoms with E-state index in [1.807, 2.05) is 12.1 Å². The van der Waals surface area contributed by atoms with Gasteiger partial charge in [-0.15, -0.1) is 0 Å². The second kappa shape index (κ2) is 9.86. The standard InChI is InChI=1S/C27H21BrClN3O4S/c1-31-27(33)25-21-11-20(16-3-4-16)23(12-24(21)36-26(25)17-5-7-19(29)8-6-17)32-37(34,35)14-15-2-9-22(28)18(10-15)13-30/h2,5-12,16,32H,3-4,14H2,1H3,(H,31,33). The Kier molecular flexibility index (Phi) is 6.75. The summed E-state index contributed by atoms with van der Waals surface area (Å²) in [6.07, 6.45) is 1.85. The van der Waals surface area contributed by atoms with Crippen LogP contribution in [0.2, 0.25) is 5.02 Å². The molecule has 0 spiro atoms. The highest BCUT2D eigenvalue weighted by atomic mass is 79.9. The van der Waals surface area contributed by atoms with Gasteiger partial charge in [-0.2, -0.15) is 5.26 Å². The molecule has 188 valence electrons. The predicted octanol–water partition coefficient (Wildman–Crippen LogP) is 6.57. The van der Waals surface area contributed by atoms with Gasteiger partial charge >= 0.3 is 0 Å². The largest absolute Gasteiger partial charge is 0.455 e. The second-order valence-electron chi connectivity index (χ2n) is 8.89. The van der Waals surface area contributed by atoms with Gasteiger partial charge in [0.15, 0.2) is 0 Å². The third-order valence-electron chi connectivity index (χ3n) is 6.21. The number of nitrogens with one attached hydrogen (secondary N) is 2. The maximum atomic E-state index is 13.2. The van der Waals surface area contributed by atoms with Gasteiger partial charge in [-0.3, -0.25) is 9.52 Å². The molecule has 3 aromatic carbocycles. The highest BCUT2D eigenvalue weighted by molar-refractivity contribution is 9.10. The van der Waals surface area contributed by atoms with E-state index >= 15 is 0 Å². The maximum absolute atomic E-state index is 13.2. The van der Waals surface area contributed by atoms with Crippen LogP contribution in [0.3, 0.4) is 0 Å². The smallest absolute Gasteiger partial charge is 0.255 e. The predicted molar refractivity (Wildman–Crippen MR) is 147 cm³/mol. The fourth-order valence-corrected chi connectivity index (χ4v) is 5.97. The van der Waals surface area contributed by atoms with Crippen molar-refractivity contribution in [2.45, 2.75) is 24.5 Å². The van der Waals surface area contributed by atoms with Gasteiger partial charge in [-0.1, -0.05) is 17.7 Å². The summed E-state index contributed by atoms with van der Waals surface area (Å²) < 4.78 is 35.8. The second-order valence-corrected chi connectivity index (χ2v) is 11.9. The summed E-state index contributed by atoms with van der Waals surface area (Å²) in [6, 6.07) is 17.4. The molecule has 0 radical (unpaired) electrons. The van der Waals surface area contributed by atoms with Gasteiger partial charge in [0.1, 0.15) is 17.4 Å². The monoisotopic (exact) mass is 597 g/mol. The Morgan fingerprint density at radius 3 is 2.54 bits per heavy atom. The molecule has 1 saturated carbocycles. The molecule has 1 amide bonds. The number of rotatable bonds is 7. The quantitative estimate of drug-likeness (QED) is 0.250. The molecule has 1 heterocycles. The average Bonchev–Trinajstić information content (AvgIpc) is 3.65. The summed E-state index contributed by atoms with van der Waals surface area (Å²) in [5.74, 6) is -0.0326. The Morgan fingerprint density at radius 2 is 1.89 bits per heavy atom. The number of carbonyl (C=O) groups excluding carboxylic acids is 1. The van der Waals surface area contributed by atoms with Crippen LogP contribution in [-0.4, -0.2) is 21.4 Å². The minimum atomic E-state index is -3.81. The lowest BCUT2D eigenvalue weighted by atomic mass is 10.0. The summed E-state index contributed by atoms with van der Waals surface area (Å²) >= 11 is 9.33. The zero-order chi connectivity index (χ0) is 26.3. The SMILES string of the molecule is CNC(=O)c1c(-c2ccc(Cl)cc2)oc2cc(NS(=O)(=O)Cc3ccc(Br)c(C#N)c3)c(C3CC3)cc12. The maximum Gasteiger partial charge on any atom is 0.255 e. The molecular weight excluding hydrogens is 578 g/mol. The van der Waals surface area contributed by atoms with Crippen molar-refractivity contribution in [3.63, 3.8) is 0 Å². The minimum Gasteiger partial charge on any atom is -0.455 e. The van der Waals surface area contributed by atoms with E-state index in [-0.39, 0.29) is 17.6 Å². The topological polar surface area (TPSA) is 112 Å². The fourth-order valence-electron chi connectivity index (χ4n) is 4.31. The number of hydrogen-bond acceptors (Lipinski definition) is 5. The fraction of sp³-hybridized carbons (Fsp3) is 0.185. The van der Waals surface area contributed by atoms with Gasteiger partial charge < -0.3 is 9.73 Å². The number of benzene rings is 3. The van der Waals surface area contributed by atoms with Crippen molar-refractivity contribution in [3.05, 3.63) is 86.3 Å². The Labute approximate surface area is 227 Å². The van der Waals surface area contributed by atoms with Crippen molar-refractivity contribution >= 4 is 60.1 Å². The molecule has 1 fully saturated rings. The Hall–Kier alpha value is -3.32.